The van der Waals surface area contributed by atoms with Crippen LogP contribution in [0.15, 0.2) is 30.5 Å². The highest BCUT2D eigenvalue weighted by atomic mass is 17.2. The second-order valence-electron chi connectivity index (χ2n) is 4.42. The van der Waals surface area contributed by atoms with Crippen LogP contribution in [0.5, 0.6) is 0 Å². The van der Waals surface area contributed by atoms with Gasteiger partial charge in [-0.15, -0.1) is 0 Å². The van der Waals surface area contributed by atoms with Crippen molar-refractivity contribution in [3.05, 3.63) is 41.7 Å². The molecule has 0 radical (unpaired) electrons. The predicted molar refractivity (Wildman–Crippen MR) is 72.0 cm³/mol. The molecule has 0 amide bonds. The monoisotopic (exact) mass is 271 g/mol. The van der Waals surface area contributed by atoms with Gasteiger partial charge in [0.1, 0.15) is 0 Å². The number of fused-ring (bicyclic) bond motifs is 3. The summed E-state index contributed by atoms with van der Waals surface area (Å²) in [5, 5.41) is 0. The van der Waals surface area contributed by atoms with Gasteiger partial charge in [0.15, 0.2) is 0 Å². The van der Waals surface area contributed by atoms with Crippen LogP contribution in [-0.2, 0) is 21.0 Å². The summed E-state index contributed by atoms with van der Waals surface area (Å²) in [4.78, 5) is 29.2. The second-order valence-corrected chi connectivity index (χ2v) is 4.42. The molecular formula is C14H13N3O3. The van der Waals surface area contributed by atoms with E-state index in [4.69, 9.17) is 0 Å². The molecule has 3 rings (SSSR count). The first-order chi connectivity index (χ1) is 9.70. The number of nitrogens with zero attached hydrogens (tertiary/aromatic N) is 3. The summed E-state index contributed by atoms with van der Waals surface area (Å²) >= 11 is 0. The molecule has 0 N–H and O–H groups in total. The molecule has 2 aromatic heterocycles. The Hall–Kier alpha value is -2.47. The molecule has 0 aliphatic rings. The molecular weight excluding hydrogens is 258 g/mol. The third kappa shape index (κ3) is 2.00. The number of carbonyl (C=O) groups excluding carboxylic acids is 1. The van der Waals surface area contributed by atoms with Crippen molar-refractivity contribution in [1.82, 2.24) is 14.4 Å². The highest BCUT2D eigenvalue weighted by Crippen LogP contribution is 2.21. The zero-order valence-electron chi connectivity index (χ0n) is 11.2. The summed E-state index contributed by atoms with van der Waals surface area (Å²) in [5.74, 6) is 0.170. The van der Waals surface area contributed by atoms with Crippen molar-refractivity contribution in [2.75, 3.05) is 7.11 Å². The van der Waals surface area contributed by atoms with E-state index in [0.29, 0.717) is 5.78 Å². The SMILES string of the molecule is COOC(=O)Cc1cccc2nc3nccc(C)n3c12. The molecule has 0 atom stereocenters. The fourth-order valence-electron chi connectivity index (χ4n) is 2.31. The molecule has 6 heteroatoms. The molecule has 1 aromatic carbocycles. The molecule has 0 unspecified atom stereocenters. The van der Waals surface area contributed by atoms with Gasteiger partial charge in [-0.05, 0) is 24.6 Å². The number of rotatable bonds is 3. The first-order valence-electron chi connectivity index (χ1n) is 6.16. The van der Waals surface area contributed by atoms with Gasteiger partial charge in [-0.25, -0.2) is 14.8 Å². The maximum Gasteiger partial charge on any atom is 0.346 e. The van der Waals surface area contributed by atoms with E-state index in [-0.39, 0.29) is 6.42 Å². The van der Waals surface area contributed by atoms with Crippen molar-refractivity contribution in [2.45, 2.75) is 13.3 Å². The molecule has 102 valence electrons. The maximum atomic E-state index is 11.6. The summed E-state index contributed by atoms with van der Waals surface area (Å²) in [7, 11) is 1.31. The van der Waals surface area contributed by atoms with Gasteiger partial charge in [0.2, 0.25) is 5.78 Å². The number of benzene rings is 1. The van der Waals surface area contributed by atoms with E-state index in [0.717, 1.165) is 22.3 Å². The second kappa shape index (κ2) is 4.90. The summed E-state index contributed by atoms with van der Waals surface area (Å²) < 4.78 is 1.94. The Morgan fingerprint density at radius 1 is 1.35 bits per heavy atom. The third-order valence-electron chi connectivity index (χ3n) is 3.11. The molecule has 0 fully saturated rings. The largest absolute Gasteiger partial charge is 0.346 e. The van der Waals surface area contributed by atoms with E-state index in [1.54, 1.807) is 6.20 Å². The average molecular weight is 271 g/mol. The normalized spacial score (nSPS) is 11.1. The number of para-hydroxylation sites is 1. The van der Waals surface area contributed by atoms with E-state index < -0.39 is 5.97 Å². The minimum Gasteiger partial charge on any atom is -0.298 e. The Morgan fingerprint density at radius 3 is 3.00 bits per heavy atom. The van der Waals surface area contributed by atoms with Crippen LogP contribution in [0.25, 0.3) is 16.8 Å². The minimum absolute atomic E-state index is 0.118. The first kappa shape index (κ1) is 12.6. The number of hydrogen-bond acceptors (Lipinski definition) is 5. The van der Waals surface area contributed by atoms with Crippen molar-refractivity contribution in [3.8, 4) is 0 Å². The zero-order valence-corrected chi connectivity index (χ0v) is 11.2. The van der Waals surface area contributed by atoms with Gasteiger partial charge in [0, 0.05) is 11.9 Å². The molecule has 0 aliphatic heterocycles. The van der Waals surface area contributed by atoms with E-state index >= 15 is 0 Å². The topological polar surface area (TPSA) is 65.7 Å². The number of hydrogen-bond donors (Lipinski definition) is 0. The van der Waals surface area contributed by atoms with Crippen LogP contribution in [-0.4, -0.2) is 27.4 Å². The van der Waals surface area contributed by atoms with E-state index in [1.165, 1.54) is 7.11 Å². The smallest absolute Gasteiger partial charge is 0.298 e. The van der Waals surface area contributed by atoms with E-state index in [2.05, 4.69) is 19.7 Å². The number of aryl methyl sites for hydroxylation is 1. The van der Waals surface area contributed by atoms with Gasteiger partial charge < -0.3 is 0 Å². The fourth-order valence-corrected chi connectivity index (χ4v) is 2.31. The van der Waals surface area contributed by atoms with Crippen LogP contribution in [0, 0.1) is 6.92 Å². The fraction of sp³-hybridized carbons (Fsp3) is 0.214. The van der Waals surface area contributed by atoms with Crippen LogP contribution >= 0.6 is 0 Å². The molecule has 0 aliphatic carbocycles. The lowest BCUT2D eigenvalue weighted by Crippen LogP contribution is -2.08. The van der Waals surface area contributed by atoms with Gasteiger partial charge in [0.05, 0.1) is 24.6 Å². The van der Waals surface area contributed by atoms with E-state index in [1.807, 2.05) is 35.6 Å². The van der Waals surface area contributed by atoms with Crippen molar-refractivity contribution in [1.29, 1.82) is 0 Å². The molecule has 20 heavy (non-hydrogen) atoms. The van der Waals surface area contributed by atoms with Gasteiger partial charge in [0.25, 0.3) is 0 Å². The lowest BCUT2D eigenvalue weighted by Gasteiger charge is -2.05. The summed E-state index contributed by atoms with van der Waals surface area (Å²) in [6.45, 7) is 1.97. The Morgan fingerprint density at radius 2 is 2.20 bits per heavy atom. The predicted octanol–water partition coefficient (Wildman–Crippen LogP) is 1.84. The lowest BCUT2D eigenvalue weighted by atomic mass is 10.1. The molecule has 6 nitrogen and oxygen atoms in total. The van der Waals surface area contributed by atoms with Gasteiger partial charge in [-0.2, -0.15) is 4.89 Å². The van der Waals surface area contributed by atoms with Crippen molar-refractivity contribution in [2.24, 2.45) is 0 Å². The highest BCUT2D eigenvalue weighted by Gasteiger charge is 2.14. The molecule has 3 aromatic rings. The molecule has 0 saturated carbocycles. The molecule has 0 saturated heterocycles. The number of aromatic nitrogens is 3. The Balaban J connectivity index is 2.22. The van der Waals surface area contributed by atoms with Crippen molar-refractivity contribution in [3.63, 3.8) is 0 Å². The van der Waals surface area contributed by atoms with Crippen molar-refractivity contribution < 1.29 is 14.6 Å². The van der Waals surface area contributed by atoms with Crippen LogP contribution in [0.1, 0.15) is 11.3 Å². The summed E-state index contributed by atoms with van der Waals surface area (Å²) in [6.07, 6.45) is 1.84. The van der Waals surface area contributed by atoms with Gasteiger partial charge in [-0.3, -0.25) is 9.29 Å². The molecule has 2 heterocycles. The van der Waals surface area contributed by atoms with Gasteiger partial charge in [-0.1, -0.05) is 12.1 Å². The Labute approximate surface area is 114 Å². The van der Waals surface area contributed by atoms with Crippen LogP contribution < -0.4 is 0 Å². The van der Waals surface area contributed by atoms with Crippen LogP contribution in [0.4, 0.5) is 0 Å². The zero-order chi connectivity index (χ0) is 14.1. The standard InChI is InChI=1S/C14H13N3O3/c1-9-6-7-15-14-16-11-5-3-4-10(13(11)17(9)14)8-12(18)20-19-2/h3-7H,8H2,1-2H3. The van der Waals surface area contributed by atoms with Crippen LogP contribution in [0.3, 0.4) is 0 Å². The summed E-state index contributed by atoms with van der Waals surface area (Å²) in [6, 6.07) is 7.53. The number of carbonyl (C=O) groups is 1. The van der Waals surface area contributed by atoms with Crippen molar-refractivity contribution >= 4 is 22.8 Å². The average Bonchev–Trinajstić information content (AvgIpc) is 2.79. The number of imidazole rings is 1. The minimum atomic E-state index is -0.448. The first-order valence-corrected chi connectivity index (χ1v) is 6.16. The molecule has 0 bridgehead atoms. The van der Waals surface area contributed by atoms with Gasteiger partial charge >= 0.3 is 5.97 Å². The summed E-state index contributed by atoms with van der Waals surface area (Å²) in [5.41, 5.74) is 3.51. The molecule has 0 spiro atoms. The Kier molecular flexibility index (Phi) is 3.08. The highest BCUT2D eigenvalue weighted by molar-refractivity contribution is 5.86. The third-order valence-corrected chi connectivity index (χ3v) is 3.11. The Bertz CT molecular complexity index is 795. The van der Waals surface area contributed by atoms with E-state index in [9.17, 15) is 4.79 Å². The lowest BCUT2D eigenvalue weighted by molar-refractivity contribution is -0.254. The quantitative estimate of drug-likeness (QED) is 0.537. The van der Waals surface area contributed by atoms with Crippen LogP contribution in [0.2, 0.25) is 0 Å². The maximum absolute atomic E-state index is 11.6.